The van der Waals surface area contributed by atoms with Gasteiger partial charge in [-0.3, -0.25) is 19.4 Å². The molecule has 0 amide bonds. The Labute approximate surface area is 282 Å². The maximum absolute atomic E-state index is 14.0. The van der Waals surface area contributed by atoms with Crippen molar-refractivity contribution in [2.75, 3.05) is 0 Å². The van der Waals surface area contributed by atoms with Gasteiger partial charge < -0.3 is 9.47 Å². The molecule has 3 fully saturated rings. The zero-order chi connectivity index (χ0) is 33.8. The van der Waals surface area contributed by atoms with E-state index in [9.17, 15) is 9.59 Å². The number of fused-ring (bicyclic) bond motifs is 2. The van der Waals surface area contributed by atoms with Crippen LogP contribution in [0.4, 0.5) is 0 Å². The van der Waals surface area contributed by atoms with E-state index in [2.05, 4.69) is 138 Å². The van der Waals surface area contributed by atoms with Gasteiger partial charge in [0.25, 0.3) is 0 Å². The molecule has 4 atom stereocenters. The topological polar surface area (TPSA) is 59.1 Å². The highest BCUT2D eigenvalue weighted by Gasteiger charge is 2.55. The summed E-state index contributed by atoms with van der Waals surface area (Å²) in [7, 11) is 0. The predicted molar refractivity (Wildman–Crippen MR) is 186 cm³/mol. The van der Waals surface area contributed by atoms with Gasteiger partial charge in [0.15, 0.2) is 0 Å². The largest absolute Gasteiger partial charge is 0.462 e. The summed E-state index contributed by atoms with van der Waals surface area (Å²) in [4.78, 5) is 33.2. The highest BCUT2D eigenvalue weighted by atomic mass is 16.6. The summed E-state index contributed by atoms with van der Waals surface area (Å²) >= 11 is 0. The molecule has 2 heterocycles. The monoisotopic (exact) mass is 640 g/mol. The summed E-state index contributed by atoms with van der Waals surface area (Å²) in [5.74, 6) is -1.35. The molecule has 47 heavy (non-hydrogen) atoms. The second-order valence-corrected chi connectivity index (χ2v) is 17.3. The van der Waals surface area contributed by atoms with Crippen molar-refractivity contribution in [1.29, 1.82) is 0 Å². The normalized spacial score (nSPS) is 29.9. The first kappa shape index (κ1) is 33.9. The molecule has 4 aliphatic rings. The number of likely N-dealkylation sites (tertiary alicyclic amines) is 2. The zero-order valence-electron chi connectivity index (χ0n) is 29.9. The number of nitrogens with zero attached hydrogens (tertiary/aromatic N) is 2. The van der Waals surface area contributed by atoms with E-state index in [0.29, 0.717) is 0 Å². The fraction of sp³-hybridized carbons (Fsp3) is 0.610. The van der Waals surface area contributed by atoms with Gasteiger partial charge in [0.1, 0.15) is 12.2 Å². The molecule has 254 valence electrons. The maximum atomic E-state index is 14.0. The molecular weight excluding hydrogens is 584 g/mol. The van der Waals surface area contributed by atoms with Crippen LogP contribution in [0.15, 0.2) is 72.8 Å². The van der Waals surface area contributed by atoms with E-state index in [-0.39, 0.29) is 58.1 Å². The van der Waals surface area contributed by atoms with Gasteiger partial charge in [-0.25, -0.2) is 0 Å². The molecular formula is C41H56N2O4. The number of esters is 2. The lowest BCUT2D eigenvalue weighted by Gasteiger charge is -2.55. The van der Waals surface area contributed by atoms with Crippen LogP contribution >= 0.6 is 0 Å². The Bertz CT molecular complexity index is 1320. The van der Waals surface area contributed by atoms with E-state index in [4.69, 9.17) is 9.47 Å². The van der Waals surface area contributed by atoms with Crippen molar-refractivity contribution in [3.8, 4) is 0 Å². The smallest absolute Gasteiger partial charge is 0.310 e. The van der Waals surface area contributed by atoms with Crippen LogP contribution in [-0.4, -0.2) is 56.1 Å². The fourth-order valence-electron chi connectivity index (χ4n) is 9.96. The van der Waals surface area contributed by atoms with Gasteiger partial charge in [-0.1, -0.05) is 72.8 Å². The molecule has 2 saturated heterocycles. The minimum atomic E-state index is -0.481. The second kappa shape index (κ2) is 12.5. The Balaban J connectivity index is 1.12. The first-order chi connectivity index (χ1) is 22.1. The van der Waals surface area contributed by atoms with Gasteiger partial charge in [-0.2, -0.15) is 0 Å². The van der Waals surface area contributed by atoms with Crippen molar-refractivity contribution in [1.82, 2.24) is 9.80 Å². The Kier molecular flexibility index (Phi) is 9.01. The lowest BCUT2D eigenvalue weighted by molar-refractivity contribution is -0.178. The number of benzene rings is 2. The summed E-state index contributed by atoms with van der Waals surface area (Å²) in [5.41, 5.74) is 1.92. The molecule has 6 rings (SSSR count). The van der Waals surface area contributed by atoms with Crippen molar-refractivity contribution in [2.45, 2.75) is 135 Å². The second-order valence-electron chi connectivity index (χ2n) is 17.3. The van der Waals surface area contributed by atoms with Crippen molar-refractivity contribution in [3.05, 3.63) is 83.9 Å². The van der Waals surface area contributed by atoms with E-state index >= 15 is 0 Å². The molecule has 2 unspecified atom stereocenters. The number of carbonyl (C=O) groups is 2. The number of piperidine rings is 2. The van der Waals surface area contributed by atoms with Crippen molar-refractivity contribution in [2.24, 2.45) is 23.7 Å². The first-order valence-electron chi connectivity index (χ1n) is 17.8. The number of rotatable bonds is 8. The number of carbonyl (C=O) groups excluding carboxylic acids is 2. The summed E-state index contributed by atoms with van der Waals surface area (Å²) in [6.07, 6.45) is 7.71. The molecule has 6 heteroatoms. The highest BCUT2D eigenvalue weighted by molar-refractivity contribution is 5.84. The average Bonchev–Trinajstić information content (AvgIpc) is 3.60. The van der Waals surface area contributed by atoms with Crippen LogP contribution < -0.4 is 0 Å². The van der Waals surface area contributed by atoms with Crippen molar-refractivity contribution < 1.29 is 19.1 Å². The Hall–Kier alpha value is -2.96. The molecule has 0 N–H and O–H groups in total. The van der Waals surface area contributed by atoms with Gasteiger partial charge >= 0.3 is 11.9 Å². The van der Waals surface area contributed by atoms with Crippen LogP contribution in [-0.2, 0) is 32.2 Å². The van der Waals surface area contributed by atoms with Crippen LogP contribution in [0, 0.1) is 23.7 Å². The van der Waals surface area contributed by atoms with Gasteiger partial charge in [-0.15, -0.1) is 0 Å². The van der Waals surface area contributed by atoms with Gasteiger partial charge in [0, 0.05) is 60.9 Å². The molecule has 2 bridgehead atoms. The van der Waals surface area contributed by atoms with Gasteiger partial charge in [-0.05, 0) is 84.8 Å². The molecule has 2 aromatic rings. The summed E-state index contributed by atoms with van der Waals surface area (Å²) < 4.78 is 12.8. The number of hydrogen-bond donors (Lipinski definition) is 0. The Morgan fingerprint density at radius 2 is 0.894 bits per heavy atom. The van der Waals surface area contributed by atoms with E-state index in [1.807, 2.05) is 0 Å². The van der Waals surface area contributed by atoms with Crippen LogP contribution in [0.25, 0.3) is 0 Å². The molecule has 0 aromatic heterocycles. The Morgan fingerprint density at radius 3 is 1.21 bits per heavy atom. The van der Waals surface area contributed by atoms with Crippen LogP contribution in [0.2, 0.25) is 0 Å². The summed E-state index contributed by atoms with van der Waals surface area (Å²) in [6, 6.07) is 21.2. The van der Waals surface area contributed by atoms with Crippen LogP contribution in [0.5, 0.6) is 0 Å². The lowest BCUT2D eigenvalue weighted by Crippen LogP contribution is -2.62. The minimum absolute atomic E-state index is 0.0323. The van der Waals surface area contributed by atoms with E-state index in [0.717, 1.165) is 45.2 Å². The maximum Gasteiger partial charge on any atom is 0.310 e. The highest BCUT2D eigenvalue weighted by Crippen LogP contribution is 2.51. The first-order valence-corrected chi connectivity index (χ1v) is 17.8. The van der Waals surface area contributed by atoms with E-state index < -0.39 is 11.8 Å². The summed E-state index contributed by atoms with van der Waals surface area (Å²) in [5, 5.41) is 0. The molecule has 0 radical (unpaired) electrons. The molecule has 0 spiro atoms. The fourth-order valence-corrected chi connectivity index (χ4v) is 9.96. The van der Waals surface area contributed by atoms with Crippen LogP contribution in [0.3, 0.4) is 0 Å². The molecule has 2 aromatic carbocycles. The van der Waals surface area contributed by atoms with E-state index in [1.165, 1.54) is 11.1 Å². The third kappa shape index (κ3) is 6.96. The SMILES string of the molecule is CC1(C)CC(OC(=O)C2C(C(=O)OC3CC(C)(C)N(Cc4ccccc4)C(C)(C)C3)[C@H]3C=C[C@@H]2C3)CC(C)(C)N1Cc1ccccc1. The molecule has 2 aliphatic heterocycles. The van der Waals surface area contributed by atoms with Crippen molar-refractivity contribution in [3.63, 3.8) is 0 Å². The standard InChI is InChI=1S/C41H56N2O4/c1-38(2)22-32(23-39(3,4)42(38)26-28-15-11-9-12-16-28)46-36(44)34-30-19-20-31(21-30)35(34)37(45)47-33-24-40(5,6)43(41(7,8)25-33)27-29-17-13-10-14-18-29/h9-20,30-35H,21-27H2,1-8H3/t30-,31+,34?,35?. The third-order valence-corrected chi connectivity index (χ3v) is 11.8. The van der Waals surface area contributed by atoms with E-state index in [1.54, 1.807) is 0 Å². The quantitative estimate of drug-likeness (QED) is 0.216. The van der Waals surface area contributed by atoms with Gasteiger partial charge in [0.05, 0.1) is 11.8 Å². The summed E-state index contributed by atoms with van der Waals surface area (Å²) in [6.45, 7) is 19.8. The number of ether oxygens (including phenoxy) is 2. The number of allylic oxidation sites excluding steroid dienone is 2. The predicted octanol–water partition coefficient (Wildman–Crippen LogP) is 7.95. The van der Waals surface area contributed by atoms with Crippen LogP contribution in [0.1, 0.15) is 98.6 Å². The molecule has 6 nitrogen and oxygen atoms in total. The third-order valence-electron chi connectivity index (χ3n) is 11.8. The number of hydrogen-bond acceptors (Lipinski definition) is 6. The lowest BCUT2D eigenvalue weighted by atomic mass is 9.77. The molecule has 2 aliphatic carbocycles. The minimum Gasteiger partial charge on any atom is -0.462 e. The van der Waals surface area contributed by atoms with Gasteiger partial charge in [0.2, 0.25) is 0 Å². The average molecular weight is 641 g/mol. The Morgan fingerprint density at radius 1 is 0.574 bits per heavy atom. The molecule has 1 saturated carbocycles. The zero-order valence-corrected chi connectivity index (χ0v) is 29.9. The van der Waals surface area contributed by atoms with Crippen molar-refractivity contribution >= 4 is 11.9 Å².